The zero-order valence-corrected chi connectivity index (χ0v) is 36.0. The van der Waals surface area contributed by atoms with Crippen LogP contribution in [0.15, 0.2) is 103 Å². The monoisotopic (exact) mass is 913 g/mol. The Morgan fingerprint density at radius 3 is 2.08 bits per heavy atom. The van der Waals surface area contributed by atoms with E-state index in [1.807, 2.05) is 54.1 Å². The van der Waals surface area contributed by atoms with Crippen LogP contribution in [0, 0.1) is 38.3 Å². The fourth-order valence-corrected chi connectivity index (χ4v) is 9.69. The predicted octanol–water partition coefficient (Wildman–Crippen LogP) is 12.2. The van der Waals surface area contributed by atoms with Crippen molar-refractivity contribution < 1.29 is 20.1 Å². The summed E-state index contributed by atoms with van der Waals surface area (Å²) in [6.07, 6.45) is 5.10. The Kier molecular flexibility index (Phi) is 11.7. The molecule has 0 atom stereocenters. The fourth-order valence-electron chi connectivity index (χ4n) is 6.27. The first-order valence-electron chi connectivity index (χ1n) is 17.1. The van der Waals surface area contributed by atoms with E-state index in [1.165, 1.54) is 57.9 Å². The van der Waals surface area contributed by atoms with E-state index in [4.69, 9.17) is 4.98 Å². The maximum absolute atomic E-state index is 4.82. The second kappa shape index (κ2) is 15.5. The van der Waals surface area contributed by atoms with Crippen LogP contribution >= 0.6 is 11.3 Å². The summed E-state index contributed by atoms with van der Waals surface area (Å²) >= 11 is 0.136. The Morgan fingerprint density at radius 2 is 1.44 bits per heavy atom. The average molecular weight is 912 g/mol. The number of hydrogen-bond acceptors (Lipinski definition) is 3. The number of pyridine rings is 2. The molecule has 2 nitrogen and oxygen atoms in total. The smallest absolute Gasteiger partial charge is 0 e. The van der Waals surface area contributed by atoms with Gasteiger partial charge in [-0.05, 0) is 71.1 Å². The van der Waals surface area contributed by atoms with Gasteiger partial charge >= 0.3 is 99.8 Å². The van der Waals surface area contributed by atoms with Crippen molar-refractivity contribution in [3.63, 3.8) is 0 Å². The van der Waals surface area contributed by atoms with Gasteiger partial charge in [-0.15, -0.1) is 23.8 Å². The number of nitrogens with zero attached hydrogens (tertiary/aromatic N) is 2. The largest absolute Gasteiger partial charge is 0 e. The second-order valence-electron chi connectivity index (χ2n) is 15.5. The van der Waals surface area contributed by atoms with Gasteiger partial charge in [0, 0.05) is 31.0 Å². The second-order valence-corrected chi connectivity index (χ2v) is 27.2. The SMILES string of the molecule is Cc1cc(C)cc(-c2ccc3c(c2)sc2c(-c4cc(CC(C)(C)C)c(C)cn4)[c-]ccc23)c1.[CH3][Ge]([CH3])([CH3])[c]1ccc(-c2[c-]cccc2)nc1.[Ir]. The number of hydrogen-bond donors (Lipinski definition) is 0. The summed E-state index contributed by atoms with van der Waals surface area (Å²) in [4.78, 5) is 9.35. The minimum Gasteiger partial charge on any atom is 0 e. The molecule has 0 amide bonds. The number of thiophene rings is 1. The van der Waals surface area contributed by atoms with Crippen molar-refractivity contribution in [2.75, 3.05) is 0 Å². The molecule has 3 aromatic heterocycles. The van der Waals surface area contributed by atoms with Crippen LogP contribution in [0.3, 0.4) is 0 Å². The Hall–Kier alpha value is -3.41. The molecule has 5 heteroatoms. The molecule has 0 unspecified atom stereocenters. The third-order valence-electron chi connectivity index (χ3n) is 8.79. The number of aryl methyl sites for hydroxylation is 3. The molecule has 257 valence electrons. The first-order chi connectivity index (χ1) is 23.2. The summed E-state index contributed by atoms with van der Waals surface area (Å²) in [5, 5.41) is 2.59. The first-order valence-corrected chi connectivity index (χ1v) is 25.3. The number of rotatable bonds is 5. The molecule has 0 saturated heterocycles. The first kappa shape index (κ1) is 37.8. The van der Waals surface area contributed by atoms with Crippen molar-refractivity contribution >= 4 is 49.2 Å². The Balaban J connectivity index is 0.000000241. The fraction of sp³-hybridized carbons (Fsp3) is 0.244. The topological polar surface area (TPSA) is 25.8 Å². The van der Waals surface area contributed by atoms with Gasteiger partial charge < -0.3 is 4.98 Å². The minimum absolute atomic E-state index is 0. The van der Waals surface area contributed by atoms with Crippen LogP contribution in [0.5, 0.6) is 0 Å². The molecule has 7 rings (SSSR count). The van der Waals surface area contributed by atoms with E-state index in [-0.39, 0.29) is 25.5 Å². The maximum atomic E-state index is 4.82. The van der Waals surface area contributed by atoms with Crippen molar-refractivity contribution in [1.29, 1.82) is 0 Å². The van der Waals surface area contributed by atoms with E-state index in [2.05, 4.69) is 137 Å². The average Bonchev–Trinajstić information content (AvgIpc) is 3.43. The van der Waals surface area contributed by atoms with Gasteiger partial charge in [0.05, 0.1) is 0 Å². The summed E-state index contributed by atoms with van der Waals surface area (Å²) in [6, 6.07) is 39.2. The molecule has 0 aliphatic carbocycles. The van der Waals surface area contributed by atoms with Gasteiger partial charge in [-0.3, -0.25) is 0 Å². The summed E-state index contributed by atoms with van der Waals surface area (Å²) < 4.78 is 4.02. The molecule has 4 aromatic carbocycles. The number of aromatic nitrogens is 2. The van der Waals surface area contributed by atoms with Crippen molar-refractivity contribution in [2.24, 2.45) is 5.41 Å². The van der Waals surface area contributed by atoms with E-state index in [1.54, 1.807) is 0 Å². The van der Waals surface area contributed by atoms with E-state index >= 15 is 0 Å². The molecule has 0 N–H and O–H groups in total. The van der Waals surface area contributed by atoms with Crippen LogP contribution in [-0.2, 0) is 26.5 Å². The summed E-state index contributed by atoms with van der Waals surface area (Å²) in [6.45, 7) is 13.4. The van der Waals surface area contributed by atoms with Gasteiger partial charge in [-0.1, -0.05) is 79.2 Å². The van der Waals surface area contributed by atoms with E-state index in [0.717, 1.165) is 28.9 Å². The van der Waals surface area contributed by atoms with Crippen molar-refractivity contribution in [2.45, 2.75) is 65.2 Å². The van der Waals surface area contributed by atoms with Crippen molar-refractivity contribution in [3.05, 3.63) is 138 Å². The van der Waals surface area contributed by atoms with Crippen molar-refractivity contribution in [1.82, 2.24) is 9.97 Å². The normalized spacial score (nSPS) is 11.6. The zero-order chi connectivity index (χ0) is 34.9. The van der Waals surface area contributed by atoms with Gasteiger partial charge in [-0.25, -0.2) is 0 Å². The third-order valence-corrected chi connectivity index (χ3v) is 14.2. The van der Waals surface area contributed by atoms with Crippen LogP contribution in [-0.4, -0.2) is 23.2 Å². The van der Waals surface area contributed by atoms with Gasteiger partial charge in [0.25, 0.3) is 0 Å². The van der Waals surface area contributed by atoms with E-state index in [0.29, 0.717) is 0 Å². The number of fused-ring (bicyclic) bond motifs is 3. The van der Waals surface area contributed by atoms with Gasteiger partial charge in [0.15, 0.2) is 0 Å². The molecule has 0 spiro atoms. The van der Waals surface area contributed by atoms with Crippen molar-refractivity contribution in [3.8, 4) is 33.6 Å². The molecule has 0 aliphatic heterocycles. The van der Waals surface area contributed by atoms with Gasteiger partial charge in [-0.2, -0.15) is 11.3 Å². The van der Waals surface area contributed by atoms with E-state index < -0.39 is 13.3 Å². The molecule has 50 heavy (non-hydrogen) atoms. The van der Waals surface area contributed by atoms with Crippen LogP contribution in [0.4, 0.5) is 0 Å². The minimum atomic E-state index is -1.72. The van der Waals surface area contributed by atoms with Crippen LogP contribution in [0.25, 0.3) is 53.8 Å². The molecule has 3 heterocycles. The molecule has 1 radical (unpaired) electrons. The standard InChI is InChI=1S/C31H30NS.C14H16GeN.Ir/c1-19-12-20(2)14-23(13-19)22-10-11-25-26-8-7-9-27(30(26)33-29(25)16-22)28-15-24(17-31(4,5)6)21(3)18-32-28;1-15(2,3)13-9-10-14(16-11-13)12-7-5-4-6-8-12;/h7-8,10-16,18H,17H2,1-6H3;4-7,9-11H,1-3H3;/q2*-1;. The molecule has 7 aromatic rings. The van der Waals surface area contributed by atoms with Gasteiger partial charge in [0.2, 0.25) is 0 Å². The number of benzene rings is 4. The molecular weight excluding hydrogens is 865 g/mol. The summed E-state index contributed by atoms with van der Waals surface area (Å²) in [5.74, 6) is 7.14. The Morgan fingerprint density at radius 1 is 0.700 bits per heavy atom. The molecule has 0 saturated carbocycles. The van der Waals surface area contributed by atoms with Gasteiger partial charge in [0.1, 0.15) is 0 Å². The zero-order valence-electron chi connectivity index (χ0n) is 30.7. The maximum Gasteiger partial charge on any atom is 0 e. The van der Waals surface area contributed by atoms with Crippen LogP contribution in [0.2, 0.25) is 17.3 Å². The molecule has 0 bridgehead atoms. The Bertz CT molecular complexity index is 2220. The van der Waals surface area contributed by atoms with E-state index in [9.17, 15) is 0 Å². The molecule has 0 aliphatic rings. The molecular formula is C45H46GeIrN2S-2. The summed E-state index contributed by atoms with van der Waals surface area (Å²) in [7, 11) is 0. The van der Waals surface area contributed by atoms with Crippen LogP contribution < -0.4 is 4.40 Å². The Labute approximate surface area is 319 Å². The quantitative estimate of drug-likeness (QED) is 0.127. The van der Waals surface area contributed by atoms with Crippen LogP contribution in [0.1, 0.15) is 43.0 Å². The summed E-state index contributed by atoms with van der Waals surface area (Å²) in [5.41, 5.74) is 12.2. The predicted molar refractivity (Wildman–Crippen MR) is 216 cm³/mol. The third kappa shape index (κ3) is 8.90. The molecule has 0 fully saturated rings.